The number of aromatic nitrogens is 2. The molecule has 40 heavy (non-hydrogen) atoms. The van der Waals surface area contributed by atoms with Crippen LogP contribution in [-0.2, 0) is 31.8 Å². The van der Waals surface area contributed by atoms with E-state index in [4.69, 9.17) is 24.5 Å². The van der Waals surface area contributed by atoms with Gasteiger partial charge in [-0.1, -0.05) is 42.5 Å². The fraction of sp³-hybridized carbons (Fsp3) is 0.333. The first-order valence-electron chi connectivity index (χ1n) is 12.5. The van der Waals surface area contributed by atoms with E-state index in [-0.39, 0.29) is 30.1 Å². The van der Waals surface area contributed by atoms with E-state index in [9.17, 15) is 9.59 Å². The van der Waals surface area contributed by atoms with Crippen molar-refractivity contribution in [2.24, 2.45) is 0 Å². The van der Waals surface area contributed by atoms with Gasteiger partial charge in [-0.05, 0) is 30.2 Å². The number of hydrogen-bond acceptors (Lipinski definition) is 11. The summed E-state index contributed by atoms with van der Waals surface area (Å²) in [5.74, 6) is 0.823. The molecule has 0 radical (unpaired) electrons. The van der Waals surface area contributed by atoms with Crippen LogP contribution in [0, 0.1) is 0 Å². The maximum Gasteiger partial charge on any atom is 0.322 e. The highest BCUT2D eigenvalue weighted by Gasteiger charge is 2.22. The highest BCUT2D eigenvalue weighted by atomic mass is 31.2. The SMILES string of the molecule is COCCOc1nc(N)c(NC=O)c(N(C)Cc2cccc(CP(NC(C)C(=O)OC)Oc3ccccc3)c2)n1. The van der Waals surface area contributed by atoms with E-state index >= 15 is 0 Å². The first-order chi connectivity index (χ1) is 19.3. The van der Waals surface area contributed by atoms with Crippen molar-refractivity contribution in [3.8, 4) is 11.8 Å². The fourth-order valence-electron chi connectivity index (χ4n) is 3.70. The molecule has 3 aromatic rings. The van der Waals surface area contributed by atoms with E-state index in [1.165, 1.54) is 7.11 Å². The number of esters is 1. The summed E-state index contributed by atoms with van der Waals surface area (Å²) in [4.78, 5) is 33.7. The molecular weight excluding hydrogens is 535 g/mol. The second-order valence-electron chi connectivity index (χ2n) is 8.68. The van der Waals surface area contributed by atoms with E-state index in [0.717, 1.165) is 11.1 Å². The number of methoxy groups -OCH3 is 2. The van der Waals surface area contributed by atoms with Gasteiger partial charge in [0.25, 0.3) is 0 Å². The van der Waals surface area contributed by atoms with Gasteiger partial charge in [0, 0.05) is 26.9 Å². The fourth-order valence-corrected chi connectivity index (χ4v) is 5.35. The first-order valence-corrected chi connectivity index (χ1v) is 13.9. The summed E-state index contributed by atoms with van der Waals surface area (Å²) in [6.45, 7) is 2.79. The molecule has 2 unspecified atom stereocenters. The third kappa shape index (κ3) is 9.04. The van der Waals surface area contributed by atoms with Crippen LogP contribution >= 0.6 is 8.30 Å². The van der Waals surface area contributed by atoms with Crippen molar-refractivity contribution in [3.05, 3.63) is 65.7 Å². The van der Waals surface area contributed by atoms with Crippen LogP contribution in [0.25, 0.3) is 0 Å². The van der Waals surface area contributed by atoms with E-state index in [1.54, 1.807) is 14.0 Å². The summed E-state index contributed by atoms with van der Waals surface area (Å²) in [6.07, 6.45) is 1.06. The van der Waals surface area contributed by atoms with Gasteiger partial charge < -0.3 is 34.7 Å². The minimum absolute atomic E-state index is 0.0797. The molecule has 0 saturated heterocycles. The molecule has 0 bridgehead atoms. The second kappa shape index (κ2) is 15.6. The Hall–Kier alpha value is -3.99. The van der Waals surface area contributed by atoms with Gasteiger partial charge >= 0.3 is 12.0 Å². The van der Waals surface area contributed by atoms with Crippen LogP contribution in [0.1, 0.15) is 18.1 Å². The van der Waals surface area contributed by atoms with Crippen LogP contribution in [0.3, 0.4) is 0 Å². The predicted octanol–water partition coefficient (Wildman–Crippen LogP) is 3.33. The highest BCUT2D eigenvalue weighted by molar-refractivity contribution is 7.50. The van der Waals surface area contributed by atoms with Crippen molar-refractivity contribution < 1.29 is 28.3 Å². The molecule has 3 rings (SSSR count). The molecule has 0 spiro atoms. The smallest absolute Gasteiger partial charge is 0.322 e. The average molecular weight is 571 g/mol. The van der Waals surface area contributed by atoms with Gasteiger partial charge in [0.05, 0.1) is 13.7 Å². The number of ether oxygens (including phenoxy) is 3. The van der Waals surface area contributed by atoms with Crippen molar-refractivity contribution in [1.82, 2.24) is 15.1 Å². The standard InChI is InChI=1S/C27H35N6O6P/c1-19(26(35)37-4)32-40(39-22-11-6-5-7-12-22)17-21-10-8-9-20(15-21)16-33(2)25-23(29-18-34)24(28)30-27(31-25)38-14-13-36-3/h5-12,15,18-19,32H,13-14,16-17H2,1-4H3,(H,29,34)(H2,28,30,31). The van der Waals surface area contributed by atoms with Crippen molar-refractivity contribution in [2.45, 2.75) is 25.7 Å². The Kier molecular flexibility index (Phi) is 11.9. The number of rotatable bonds is 16. The Labute approximate surface area is 235 Å². The van der Waals surface area contributed by atoms with Gasteiger partial charge in [-0.3, -0.25) is 14.7 Å². The number of nitrogens with one attached hydrogen (secondary N) is 2. The van der Waals surface area contributed by atoms with Gasteiger partial charge in [0.15, 0.2) is 19.9 Å². The molecule has 13 heteroatoms. The van der Waals surface area contributed by atoms with E-state index < -0.39 is 14.3 Å². The third-order valence-corrected chi connectivity index (χ3v) is 7.33. The van der Waals surface area contributed by atoms with Crippen LogP contribution in [0.2, 0.25) is 0 Å². The number of nitrogens with two attached hydrogens (primary N) is 1. The third-order valence-electron chi connectivity index (χ3n) is 5.57. The lowest BCUT2D eigenvalue weighted by Gasteiger charge is -2.24. The summed E-state index contributed by atoms with van der Waals surface area (Å²) < 4.78 is 21.7. The normalized spacial score (nSPS) is 12.2. The molecule has 214 valence electrons. The molecule has 1 amide bonds. The zero-order valence-corrected chi connectivity index (χ0v) is 23.9. The Morgan fingerprint density at radius 1 is 1.10 bits per heavy atom. The van der Waals surface area contributed by atoms with E-state index in [2.05, 4.69) is 26.4 Å². The first kappa shape index (κ1) is 30.6. The molecule has 0 aliphatic rings. The van der Waals surface area contributed by atoms with Crippen LogP contribution in [0.4, 0.5) is 17.3 Å². The van der Waals surface area contributed by atoms with Crippen molar-refractivity contribution >= 4 is 38.0 Å². The number of benzene rings is 2. The number of anilines is 3. The van der Waals surface area contributed by atoms with Crippen LogP contribution < -0.4 is 30.3 Å². The number of hydrogen-bond donors (Lipinski definition) is 3. The zero-order valence-electron chi connectivity index (χ0n) is 23.0. The Bertz CT molecular complexity index is 1250. The summed E-state index contributed by atoms with van der Waals surface area (Å²) in [6, 6.07) is 17.0. The maximum atomic E-state index is 12.1. The molecule has 2 atom stereocenters. The minimum Gasteiger partial charge on any atom is -0.468 e. The number of carbonyl (C=O) groups excluding carboxylic acids is 2. The van der Waals surface area contributed by atoms with E-state index in [0.29, 0.717) is 37.3 Å². The molecule has 0 aliphatic carbocycles. The quantitative estimate of drug-likeness (QED) is 0.101. The van der Waals surface area contributed by atoms with Crippen molar-refractivity contribution in [1.29, 1.82) is 0 Å². The second-order valence-corrected chi connectivity index (χ2v) is 10.2. The summed E-state index contributed by atoms with van der Waals surface area (Å²) in [5, 5.41) is 5.85. The summed E-state index contributed by atoms with van der Waals surface area (Å²) in [5.41, 5.74) is 8.37. The lowest BCUT2D eigenvalue weighted by atomic mass is 10.1. The molecule has 0 saturated carbocycles. The molecule has 2 aromatic carbocycles. The summed E-state index contributed by atoms with van der Waals surface area (Å²) >= 11 is 0. The lowest BCUT2D eigenvalue weighted by Crippen LogP contribution is -2.32. The Morgan fingerprint density at radius 2 is 1.85 bits per heavy atom. The molecule has 1 heterocycles. The number of nitrogens with zero attached hydrogens (tertiary/aromatic N) is 3. The summed E-state index contributed by atoms with van der Waals surface area (Å²) in [7, 11) is 3.48. The van der Waals surface area contributed by atoms with Gasteiger partial charge in [-0.15, -0.1) is 0 Å². The van der Waals surface area contributed by atoms with Crippen LogP contribution in [0.5, 0.6) is 11.8 Å². The molecule has 0 aliphatic heterocycles. The number of nitrogen functional groups attached to an aromatic ring is 1. The van der Waals surface area contributed by atoms with Crippen molar-refractivity contribution in [2.75, 3.05) is 50.4 Å². The molecule has 4 N–H and O–H groups in total. The maximum absolute atomic E-state index is 12.1. The number of carbonyl (C=O) groups is 2. The Morgan fingerprint density at radius 3 is 2.55 bits per heavy atom. The molecule has 12 nitrogen and oxygen atoms in total. The van der Waals surface area contributed by atoms with Gasteiger partial charge in [-0.25, -0.2) is 0 Å². The molecular formula is C27H35N6O6P. The Balaban J connectivity index is 1.80. The van der Waals surface area contributed by atoms with Crippen LogP contribution in [0.15, 0.2) is 54.6 Å². The largest absolute Gasteiger partial charge is 0.468 e. The molecule has 0 fully saturated rings. The van der Waals surface area contributed by atoms with Gasteiger partial charge in [0.2, 0.25) is 6.41 Å². The van der Waals surface area contributed by atoms with Gasteiger partial charge in [-0.2, -0.15) is 9.97 Å². The lowest BCUT2D eigenvalue weighted by molar-refractivity contribution is -0.142. The van der Waals surface area contributed by atoms with Gasteiger partial charge in [0.1, 0.15) is 24.1 Å². The van der Waals surface area contributed by atoms with Crippen LogP contribution in [-0.4, -0.2) is 62.9 Å². The van der Waals surface area contributed by atoms with E-state index in [1.807, 2.05) is 60.5 Å². The minimum atomic E-state index is -1.27. The predicted molar refractivity (Wildman–Crippen MR) is 154 cm³/mol. The number of para-hydroxylation sites is 1. The number of amides is 1. The zero-order chi connectivity index (χ0) is 28.9. The molecule has 1 aromatic heterocycles. The average Bonchev–Trinajstić information content (AvgIpc) is 2.94. The monoisotopic (exact) mass is 570 g/mol. The highest BCUT2D eigenvalue weighted by Crippen LogP contribution is 2.39. The topological polar surface area (TPSA) is 150 Å². The van der Waals surface area contributed by atoms with Crippen molar-refractivity contribution in [3.63, 3.8) is 0 Å².